The van der Waals surface area contributed by atoms with Crippen LogP contribution in [0.5, 0.6) is 5.75 Å². The summed E-state index contributed by atoms with van der Waals surface area (Å²) in [4.78, 5) is 17.9. The van der Waals surface area contributed by atoms with Gasteiger partial charge in [0.15, 0.2) is 0 Å². The molecule has 0 saturated carbocycles. The van der Waals surface area contributed by atoms with Crippen molar-refractivity contribution in [3.63, 3.8) is 0 Å². The van der Waals surface area contributed by atoms with Crippen LogP contribution in [0.25, 0.3) is 0 Å². The fourth-order valence-corrected chi connectivity index (χ4v) is 5.11. The number of anilines is 1. The largest absolute Gasteiger partial charge is 0.494 e. The highest BCUT2D eigenvalue weighted by molar-refractivity contribution is 7.92. The quantitative estimate of drug-likeness (QED) is 0.770. The Kier molecular flexibility index (Phi) is 5.98. The Morgan fingerprint density at radius 3 is 2.36 bits per heavy atom. The molecule has 0 bridgehead atoms. The number of carbonyl (C=O) groups excluding carboxylic acids is 1. The molecule has 1 aliphatic rings. The highest BCUT2D eigenvalue weighted by atomic mass is 32.2. The van der Waals surface area contributed by atoms with E-state index in [4.69, 9.17) is 4.74 Å². The van der Waals surface area contributed by atoms with Crippen molar-refractivity contribution in [1.29, 1.82) is 0 Å². The molecule has 1 aliphatic heterocycles. The van der Waals surface area contributed by atoms with Gasteiger partial charge in [0, 0.05) is 30.2 Å². The molecule has 152 valence electrons. The molecule has 1 saturated heterocycles. The van der Waals surface area contributed by atoms with Gasteiger partial charge in [-0.15, -0.1) is 0 Å². The van der Waals surface area contributed by atoms with Crippen LogP contribution in [0.15, 0.2) is 29.2 Å². The standard InChI is InChI=1S/C20H27N3O4S/c1-4-27-17-10-8-16(9-11-17)22-28(25,26)19-15(3)21-14(2)18(19)20(24)23-12-6-5-7-13-23/h8-11,21-22H,4-7,12-13H2,1-3H3. The maximum absolute atomic E-state index is 13.1. The maximum atomic E-state index is 13.1. The van der Waals surface area contributed by atoms with Gasteiger partial charge in [-0.05, 0) is 64.3 Å². The van der Waals surface area contributed by atoms with Gasteiger partial charge in [0.25, 0.3) is 15.9 Å². The van der Waals surface area contributed by atoms with Crippen LogP contribution in [0.3, 0.4) is 0 Å². The second-order valence-corrected chi connectivity index (χ2v) is 8.61. The molecule has 0 atom stereocenters. The summed E-state index contributed by atoms with van der Waals surface area (Å²) in [6, 6.07) is 6.69. The van der Waals surface area contributed by atoms with Gasteiger partial charge in [-0.1, -0.05) is 0 Å². The zero-order chi connectivity index (χ0) is 20.3. The number of aryl methyl sites for hydroxylation is 2. The molecule has 8 heteroatoms. The number of hydrogen-bond donors (Lipinski definition) is 2. The molecule has 0 spiro atoms. The molecule has 1 aromatic heterocycles. The van der Waals surface area contributed by atoms with Crippen LogP contribution in [0, 0.1) is 13.8 Å². The van der Waals surface area contributed by atoms with Crippen molar-refractivity contribution < 1.29 is 17.9 Å². The van der Waals surface area contributed by atoms with Crippen LogP contribution >= 0.6 is 0 Å². The molecule has 2 N–H and O–H groups in total. The van der Waals surface area contributed by atoms with Crippen LogP contribution in [-0.4, -0.2) is 43.9 Å². The van der Waals surface area contributed by atoms with E-state index in [0.717, 1.165) is 19.3 Å². The molecule has 2 aromatic rings. The van der Waals surface area contributed by atoms with Crippen molar-refractivity contribution in [3.8, 4) is 5.75 Å². The SMILES string of the molecule is CCOc1ccc(NS(=O)(=O)c2c(C)[nH]c(C)c2C(=O)N2CCCCC2)cc1. The van der Waals surface area contributed by atoms with Crippen molar-refractivity contribution in [1.82, 2.24) is 9.88 Å². The first kappa shape index (κ1) is 20.3. The maximum Gasteiger partial charge on any atom is 0.264 e. The minimum atomic E-state index is -3.93. The molecule has 2 heterocycles. The van der Waals surface area contributed by atoms with Gasteiger partial charge >= 0.3 is 0 Å². The Labute approximate surface area is 166 Å². The topological polar surface area (TPSA) is 91.5 Å². The van der Waals surface area contributed by atoms with Crippen LogP contribution in [-0.2, 0) is 10.0 Å². The van der Waals surface area contributed by atoms with E-state index in [1.165, 1.54) is 0 Å². The molecule has 28 heavy (non-hydrogen) atoms. The number of sulfonamides is 1. The van der Waals surface area contributed by atoms with Gasteiger partial charge in [0.05, 0.1) is 12.2 Å². The fraction of sp³-hybridized carbons (Fsp3) is 0.450. The van der Waals surface area contributed by atoms with Crippen LogP contribution in [0.1, 0.15) is 47.9 Å². The molecule has 1 amide bonds. The highest BCUT2D eigenvalue weighted by Gasteiger charge is 2.32. The van der Waals surface area contributed by atoms with Crippen molar-refractivity contribution in [2.24, 2.45) is 0 Å². The highest BCUT2D eigenvalue weighted by Crippen LogP contribution is 2.28. The number of carbonyl (C=O) groups is 1. The number of ether oxygens (including phenoxy) is 1. The minimum Gasteiger partial charge on any atom is -0.494 e. The number of H-pyrrole nitrogens is 1. The second kappa shape index (κ2) is 8.26. The normalized spacial score (nSPS) is 14.8. The Balaban J connectivity index is 1.92. The Morgan fingerprint density at radius 1 is 1.11 bits per heavy atom. The van der Waals surface area contributed by atoms with Crippen LogP contribution < -0.4 is 9.46 Å². The molecule has 0 unspecified atom stereocenters. The summed E-state index contributed by atoms with van der Waals surface area (Å²) in [5, 5.41) is 0. The third-order valence-electron chi connectivity index (χ3n) is 4.86. The Morgan fingerprint density at radius 2 is 1.75 bits per heavy atom. The van der Waals surface area contributed by atoms with E-state index in [0.29, 0.717) is 42.5 Å². The van der Waals surface area contributed by atoms with Crippen LogP contribution in [0.4, 0.5) is 5.69 Å². The Hall–Kier alpha value is -2.48. The summed E-state index contributed by atoms with van der Waals surface area (Å²) in [5.41, 5.74) is 1.67. The number of amides is 1. The summed E-state index contributed by atoms with van der Waals surface area (Å²) in [6.07, 6.45) is 2.99. The monoisotopic (exact) mass is 405 g/mol. The summed E-state index contributed by atoms with van der Waals surface area (Å²) in [5.74, 6) is 0.439. The lowest BCUT2D eigenvalue weighted by Gasteiger charge is -2.27. The van der Waals surface area contributed by atoms with E-state index in [-0.39, 0.29) is 16.4 Å². The number of piperidine rings is 1. The zero-order valence-corrected chi connectivity index (χ0v) is 17.4. The number of aromatic amines is 1. The molecule has 1 fully saturated rings. The molecule has 0 radical (unpaired) electrons. The fourth-order valence-electron chi connectivity index (χ4n) is 3.60. The van der Waals surface area contributed by atoms with Gasteiger partial charge < -0.3 is 14.6 Å². The summed E-state index contributed by atoms with van der Waals surface area (Å²) < 4.78 is 34.2. The van der Waals surface area contributed by atoms with Gasteiger partial charge in [-0.25, -0.2) is 8.42 Å². The molecule has 0 aliphatic carbocycles. The van der Waals surface area contributed by atoms with Crippen molar-refractivity contribution in [2.75, 3.05) is 24.4 Å². The molecule has 1 aromatic carbocycles. The number of nitrogens with zero attached hydrogens (tertiary/aromatic N) is 1. The average molecular weight is 406 g/mol. The van der Waals surface area contributed by atoms with E-state index < -0.39 is 10.0 Å². The average Bonchev–Trinajstić information content (AvgIpc) is 2.98. The van der Waals surface area contributed by atoms with Gasteiger partial charge in [0.2, 0.25) is 0 Å². The lowest BCUT2D eigenvalue weighted by atomic mass is 10.1. The first-order valence-electron chi connectivity index (χ1n) is 9.57. The van der Waals surface area contributed by atoms with Crippen molar-refractivity contribution in [2.45, 2.75) is 44.9 Å². The predicted octanol–water partition coefficient (Wildman–Crippen LogP) is 3.46. The van der Waals surface area contributed by atoms with Crippen molar-refractivity contribution >= 4 is 21.6 Å². The number of benzene rings is 1. The number of nitrogens with one attached hydrogen (secondary N) is 2. The predicted molar refractivity (Wildman–Crippen MR) is 108 cm³/mol. The number of rotatable bonds is 6. The summed E-state index contributed by atoms with van der Waals surface area (Å²) in [7, 11) is -3.93. The number of likely N-dealkylation sites (tertiary alicyclic amines) is 1. The van der Waals surface area contributed by atoms with E-state index in [2.05, 4.69) is 9.71 Å². The van der Waals surface area contributed by atoms with Crippen LogP contribution in [0.2, 0.25) is 0 Å². The third-order valence-corrected chi connectivity index (χ3v) is 6.41. The number of hydrogen-bond acceptors (Lipinski definition) is 4. The first-order valence-corrected chi connectivity index (χ1v) is 11.1. The minimum absolute atomic E-state index is 0.0226. The molecule has 3 rings (SSSR count). The Bertz CT molecular complexity index is 943. The van der Waals surface area contributed by atoms with Gasteiger partial charge in [0.1, 0.15) is 10.6 Å². The van der Waals surface area contributed by atoms with E-state index in [1.807, 2.05) is 6.92 Å². The zero-order valence-electron chi connectivity index (χ0n) is 16.5. The first-order chi connectivity index (χ1) is 13.3. The van der Waals surface area contributed by atoms with E-state index >= 15 is 0 Å². The third kappa shape index (κ3) is 4.16. The smallest absolute Gasteiger partial charge is 0.264 e. The lowest BCUT2D eigenvalue weighted by molar-refractivity contribution is 0.0720. The summed E-state index contributed by atoms with van der Waals surface area (Å²) in [6.45, 7) is 7.15. The van der Waals surface area contributed by atoms with Crippen molar-refractivity contribution in [3.05, 3.63) is 41.2 Å². The second-order valence-electron chi connectivity index (χ2n) is 6.99. The van der Waals surface area contributed by atoms with Gasteiger partial charge in [-0.2, -0.15) is 0 Å². The van der Waals surface area contributed by atoms with E-state index in [9.17, 15) is 13.2 Å². The molecular weight excluding hydrogens is 378 g/mol. The molecule has 7 nitrogen and oxygen atoms in total. The van der Waals surface area contributed by atoms with E-state index in [1.54, 1.807) is 43.0 Å². The molecular formula is C20H27N3O4S. The number of aromatic nitrogens is 1. The van der Waals surface area contributed by atoms with Gasteiger partial charge in [-0.3, -0.25) is 9.52 Å². The lowest BCUT2D eigenvalue weighted by Crippen LogP contribution is -2.36. The summed E-state index contributed by atoms with van der Waals surface area (Å²) >= 11 is 0.